The van der Waals surface area contributed by atoms with E-state index in [-0.39, 0.29) is 23.2 Å². The third-order valence-corrected chi connectivity index (χ3v) is 4.84. The Morgan fingerprint density at radius 3 is 2.62 bits per heavy atom. The van der Waals surface area contributed by atoms with Crippen LogP contribution in [0.15, 0.2) is 42.4 Å². The normalized spacial score (nSPS) is 20.5. The Kier molecular flexibility index (Phi) is 5.41. The zero-order chi connectivity index (χ0) is 16.8. The fraction of sp³-hybridized carbons (Fsp3) is 0.526. The second-order valence-corrected chi connectivity index (χ2v) is 6.65. The van der Waals surface area contributed by atoms with Gasteiger partial charge in [0.2, 0.25) is 5.76 Å². The molecule has 1 saturated carbocycles. The van der Waals surface area contributed by atoms with Crippen LogP contribution in [-0.4, -0.2) is 31.2 Å². The van der Waals surface area contributed by atoms with Gasteiger partial charge in [-0.1, -0.05) is 43.2 Å². The zero-order valence-electron chi connectivity index (χ0n) is 14.2. The topological polar surface area (TPSA) is 59.6 Å². The van der Waals surface area contributed by atoms with Crippen molar-refractivity contribution >= 4 is 5.91 Å². The Hall–Kier alpha value is -2.01. The van der Waals surface area contributed by atoms with Gasteiger partial charge in [-0.15, -0.1) is 0 Å². The fourth-order valence-electron chi connectivity index (χ4n) is 3.53. The van der Waals surface area contributed by atoms with Crippen LogP contribution >= 0.6 is 0 Å². The number of nitrogens with one attached hydrogen (secondary N) is 2. The average Bonchev–Trinajstić information content (AvgIpc) is 3.10. The van der Waals surface area contributed by atoms with Crippen LogP contribution in [0.5, 0.6) is 0 Å². The molecule has 0 saturated heterocycles. The Morgan fingerprint density at radius 2 is 1.96 bits per heavy atom. The van der Waals surface area contributed by atoms with Crippen molar-refractivity contribution in [1.29, 1.82) is 0 Å². The average molecular weight is 330 g/mol. The first-order chi connectivity index (χ1) is 11.7. The lowest BCUT2D eigenvalue weighted by molar-refractivity contribution is -0.122. The molecule has 1 atom stereocenters. The van der Waals surface area contributed by atoms with Gasteiger partial charge in [-0.2, -0.15) is 0 Å². The van der Waals surface area contributed by atoms with Crippen molar-refractivity contribution < 1.29 is 14.3 Å². The predicted octanol–water partition coefficient (Wildman–Crippen LogP) is 2.65. The molecule has 1 aliphatic carbocycles. The maximum Gasteiger partial charge on any atom is 0.289 e. The van der Waals surface area contributed by atoms with Gasteiger partial charge in [0, 0.05) is 18.1 Å². The van der Waals surface area contributed by atoms with Crippen molar-refractivity contribution in [1.82, 2.24) is 10.6 Å². The van der Waals surface area contributed by atoms with Crippen LogP contribution < -0.4 is 10.6 Å². The molecule has 1 heterocycles. The molecule has 1 aliphatic heterocycles. The summed E-state index contributed by atoms with van der Waals surface area (Å²) in [5.74, 6) is 0.0700. The Balaban J connectivity index is 1.61. The van der Waals surface area contributed by atoms with Crippen LogP contribution in [-0.2, 0) is 14.3 Å². The molecule has 3 rings (SSSR count). The number of carbonyl (C=O) groups excluding carboxylic acids is 1. The minimum atomic E-state index is -0.199. The molecule has 0 bridgehead atoms. The van der Waals surface area contributed by atoms with Crippen molar-refractivity contribution in [3.63, 3.8) is 0 Å². The summed E-state index contributed by atoms with van der Waals surface area (Å²) in [6.07, 6.45) is 5.92. The standard InChI is InChI=1S/C19H26N2O3/c1-15(16-7-3-2-4-8-16)21-19(9-5-6-10-19)14-20-18(22)17-13-23-11-12-24-17/h2-4,7-8,13,15,21H,5-6,9-12,14H2,1H3,(H,20,22)/t15-/m0/s1. The smallest absolute Gasteiger partial charge is 0.289 e. The monoisotopic (exact) mass is 330 g/mol. The highest BCUT2D eigenvalue weighted by Gasteiger charge is 2.35. The maximum atomic E-state index is 12.2. The largest absolute Gasteiger partial charge is 0.494 e. The second-order valence-electron chi connectivity index (χ2n) is 6.65. The summed E-state index contributed by atoms with van der Waals surface area (Å²) < 4.78 is 10.5. The Morgan fingerprint density at radius 1 is 1.21 bits per heavy atom. The fourth-order valence-corrected chi connectivity index (χ4v) is 3.53. The summed E-state index contributed by atoms with van der Waals surface area (Å²) in [5.41, 5.74) is 1.21. The van der Waals surface area contributed by atoms with E-state index in [2.05, 4.69) is 41.8 Å². The van der Waals surface area contributed by atoms with Crippen molar-refractivity contribution in [3.8, 4) is 0 Å². The first-order valence-electron chi connectivity index (χ1n) is 8.74. The van der Waals surface area contributed by atoms with Gasteiger partial charge in [-0.25, -0.2) is 0 Å². The number of rotatable bonds is 6. The highest BCUT2D eigenvalue weighted by atomic mass is 16.6. The van der Waals surface area contributed by atoms with Crippen molar-refractivity contribution in [2.45, 2.75) is 44.2 Å². The van der Waals surface area contributed by atoms with Gasteiger partial charge >= 0.3 is 0 Å². The lowest BCUT2D eigenvalue weighted by Crippen LogP contribution is -2.52. The van der Waals surface area contributed by atoms with E-state index in [1.807, 2.05) is 6.07 Å². The van der Waals surface area contributed by atoms with Crippen LogP contribution in [0.3, 0.4) is 0 Å². The highest BCUT2D eigenvalue weighted by molar-refractivity contribution is 5.91. The summed E-state index contributed by atoms with van der Waals surface area (Å²) in [7, 11) is 0. The van der Waals surface area contributed by atoms with Crippen LogP contribution in [0.25, 0.3) is 0 Å². The quantitative estimate of drug-likeness (QED) is 0.842. The molecule has 0 spiro atoms. The van der Waals surface area contributed by atoms with E-state index in [1.54, 1.807) is 0 Å². The van der Waals surface area contributed by atoms with E-state index in [9.17, 15) is 4.79 Å². The first kappa shape index (κ1) is 16.8. The van der Waals surface area contributed by atoms with E-state index in [0.717, 1.165) is 12.8 Å². The van der Waals surface area contributed by atoms with Crippen LogP contribution in [0, 0.1) is 0 Å². The summed E-state index contributed by atoms with van der Waals surface area (Å²) in [4.78, 5) is 12.2. The maximum absolute atomic E-state index is 12.2. The molecule has 0 aromatic heterocycles. The summed E-state index contributed by atoms with van der Waals surface area (Å²) in [6, 6.07) is 10.7. The van der Waals surface area contributed by atoms with Gasteiger partial charge in [-0.05, 0) is 25.3 Å². The van der Waals surface area contributed by atoms with Crippen molar-refractivity contribution in [2.24, 2.45) is 0 Å². The van der Waals surface area contributed by atoms with Crippen LogP contribution in [0.4, 0.5) is 0 Å². The Bertz CT molecular complexity index is 580. The molecule has 2 aliphatic rings. The van der Waals surface area contributed by atoms with Gasteiger partial charge in [-0.3, -0.25) is 4.79 Å². The molecular weight excluding hydrogens is 304 g/mol. The number of amides is 1. The summed E-state index contributed by atoms with van der Waals surface area (Å²) in [6.45, 7) is 3.70. The zero-order valence-corrected chi connectivity index (χ0v) is 14.2. The second kappa shape index (κ2) is 7.71. The lowest BCUT2D eigenvalue weighted by atomic mass is 9.94. The number of hydrogen-bond acceptors (Lipinski definition) is 4. The Labute approximate surface area is 143 Å². The molecule has 24 heavy (non-hydrogen) atoms. The highest BCUT2D eigenvalue weighted by Crippen LogP contribution is 2.32. The number of carbonyl (C=O) groups is 1. The molecule has 1 aromatic carbocycles. The van der Waals surface area contributed by atoms with E-state index in [1.165, 1.54) is 24.7 Å². The molecule has 0 radical (unpaired) electrons. The molecule has 5 heteroatoms. The third kappa shape index (κ3) is 4.09. The molecule has 2 N–H and O–H groups in total. The van der Waals surface area contributed by atoms with Gasteiger partial charge in [0.15, 0.2) is 0 Å². The van der Waals surface area contributed by atoms with Gasteiger partial charge in [0.25, 0.3) is 5.91 Å². The van der Waals surface area contributed by atoms with Gasteiger partial charge in [0.05, 0.1) is 0 Å². The van der Waals surface area contributed by atoms with E-state index in [4.69, 9.17) is 9.47 Å². The summed E-state index contributed by atoms with van der Waals surface area (Å²) in [5, 5.41) is 6.78. The van der Waals surface area contributed by atoms with E-state index < -0.39 is 0 Å². The number of benzene rings is 1. The summed E-state index contributed by atoms with van der Waals surface area (Å²) >= 11 is 0. The number of ether oxygens (including phenoxy) is 2. The third-order valence-electron chi connectivity index (χ3n) is 4.84. The minimum Gasteiger partial charge on any atom is -0.494 e. The molecular formula is C19H26N2O3. The predicted molar refractivity (Wildman–Crippen MR) is 92.2 cm³/mol. The molecule has 0 unspecified atom stereocenters. The van der Waals surface area contributed by atoms with Crippen LogP contribution in [0.1, 0.15) is 44.2 Å². The first-order valence-corrected chi connectivity index (χ1v) is 8.74. The van der Waals surface area contributed by atoms with Crippen molar-refractivity contribution in [3.05, 3.63) is 47.9 Å². The molecule has 1 amide bonds. The lowest BCUT2D eigenvalue weighted by Gasteiger charge is -2.34. The van der Waals surface area contributed by atoms with E-state index in [0.29, 0.717) is 19.8 Å². The molecule has 130 valence electrons. The van der Waals surface area contributed by atoms with Crippen molar-refractivity contribution in [2.75, 3.05) is 19.8 Å². The molecule has 5 nitrogen and oxygen atoms in total. The number of hydrogen-bond donors (Lipinski definition) is 2. The van der Waals surface area contributed by atoms with Gasteiger partial charge < -0.3 is 20.1 Å². The minimum absolute atomic E-state index is 0.0546. The molecule has 1 fully saturated rings. The van der Waals surface area contributed by atoms with Gasteiger partial charge in [0.1, 0.15) is 19.5 Å². The van der Waals surface area contributed by atoms with Crippen LogP contribution in [0.2, 0.25) is 0 Å². The SMILES string of the molecule is C[C@H](NC1(CNC(=O)C2=COCCO2)CCCC1)c1ccccc1. The molecule has 1 aromatic rings. The van der Waals surface area contributed by atoms with E-state index >= 15 is 0 Å².